The SMILES string of the molecule is [Ca].[Fe].[K].[Mg].[Na]. The molecule has 0 unspecified atom stereocenters. The summed E-state index contributed by atoms with van der Waals surface area (Å²) in [5.74, 6) is 0. The maximum atomic E-state index is 0. The molecule has 5 heteroatoms. The van der Waals surface area contributed by atoms with Crippen LogP contribution in [-0.2, 0) is 17.1 Å². The van der Waals surface area contributed by atoms with E-state index in [-0.39, 0.29) is 159 Å². The minimum absolute atomic E-state index is 0. The van der Waals surface area contributed by atoms with Gasteiger partial charge in [-0.05, 0) is 0 Å². The van der Waals surface area contributed by atoms with Crippen LogP contribution in [0.1, 0.15) is 0 Å². The van der Waals surface area contributed by atoms with Crippen LogP contribution in [0.25, 0.3) is 0 Å². The summed E-state index contributed by atoms with van der Waals surface area (Å²) in [6, 6.07) is 0. The molecule has 0 bridgehead atoms. The Labute approximate surface area is 154 Å². The monoisotopic (exact) mass is 182 g/mol. The van der Waals surface area contributed by atoms with Crippen molar-refractivity contribution in [3.05, 3.63) is 0 Å². The molecule has 0 fully saturated rings. The first kappa shape index (κ1) is 32.0. The molecule has 0 N–H and O–H groups in total. The first-order valence-electron chi connectivity index (χ1n) is 0. The van der Waals surface area contributed by atoms with Crippen LogP contribution in [0.15, 0.2) is 0 Å². The first-order chi connectivity index (χ1) is 0. The molecule has 0 spiro atoms. The van der Waals surface area contributed by atoms with Gasteiger partial charge in [-0.25, -0.2) is 0 Å². The molecule has 0 saturated carbocycles. The number of hydrogen-bond donors (Lipinski definition) is 0. The van der Waals surface area contributed by atoms with Crippen molar-refractivity contribution in [2.24, 2.45) is 0 Å². The molecule has 0 aromatic heterocycles. The van der Waals surface area contributed by atoms with Crippen LogP contribution >= 0.6 is 0 Å². The second-order valence-electron chi connectivity index (χ2n) is 0. The van der Waals surface area contributed by atoms with Crippen LogP contribution in [0, 0.1) is 0 Å². The molecular weight excluding hydrogens is 182 g/mol. The summed E-state index contributed by atoms with van der Waals surface area (Å²) in [5.41, 5.74) is 0. The van der Waals surface area contributed by atoms with E-state index >= 15 is 0 Å². The van der Waals surface area contributed by atoms with E-state index in [1.165, 1.54) is 0 Å². The summed E-state index contributed by atoms with van der Waals surface area (Å²) in [5, 5.41) is 0. The van der Waals surface area contributed by atoms with Crippen LogP contribution < -0.4 is 0 Å². The maximum absolute atomic E-state index is 0. The Morgan fingerprint density at radius 2 is 1.00 bits per heavy atom. The van der Waals surface area contributed by atoms with Gasteiger partial charge >= 0.3 is 0 Å². The van der Waals surface area contributed by atoms with E-state index in [0.717, 1.165) is 0 Å². The molecule has 0 nitrogen and oxygen atoms in total. The summed E-state index contributed by atoms with van der Waals surface area (Å²) in [7, 11) is 0. The molecule has 0 atom stereocenters. The van der Waals surface area contributed by atoms with Crippen molar-refractivity contribution >= 4 is 142 Å². The van der Waals surface area contributed by atoms with Crippen molar-refractivity contribution in [1.82, 2.24) is 0 Å². The van der Waals surface area contributed by atoms with Gasteiger partial charge in [-0.1, -0.05) is 0 Å². The average molecular weight is 182 g/mol. The zero-order chi connectivity index (χ0) is 0. The summed E-state index contributed by atoms with van der Waals surface area (Å²) in [6.07, 6.45) is 0. The molecule has 0 aliphatic rings. The van der Waals surface area contributed by atoms with Gasteiger partial charge in [0, 0.05) is 159 Å². The smallest absolute Gasteiger partial charge is 0 e. The molecule has 5 heavy (non-hydrogen) atoms. The Kier molecular flexibility index (Phi) is 146. The van der Waals surface area contributed by atoms with Crippen molar-refractivity contribution in [2.45, 2.75) is 0 Å². The normalized spacial score (nSPS) is 0. The van der Waals surface area contributed by atoms with Crippen LogP contribution in [0.3, 0.4) is 0 Å². The molecule has 0 aromatic carbocycles. The average Bonchev–Trinajstić information content (AvgIpc) is 0. The molecule has 0 amide bonds. The summed E-state index contributed by atoms with van der Waals surface area (Å²) < 4.78 is 0. The van der Waals surface area contributed by atoms with E-state index in [0.29, 0.717) is 0 Å². The van der Waals surface area contributed by atoms with E-state index < -0.39 is 0 Å². The van der Waals surface area contributed by atoms with Crippen molar-refractivity contribution < 1.29 is 17.1 Å². The molecule has 6 radical (unpaired) electrons. The van der Waals surface area contributed by atoms with Gasteiger partial charge in [-0.15, -0.1) is 0 Å². The van der Waals surface area contributed by atoms with Crippen LogP contribution in [0.4, 0.5) is 0 Å². The van der Waals surface area contributed by atoms with Crippen molar-refractivity contribution in [1.29, 1.82) is 0 Å². The Bertz CT molecular complexity index is 11.6. The zero-order valence-electron chi connectivity index (χ0n) is 3.77. The van der Waals surface area contributed by atoms with Crippen LogP contribution in [0.2, 0.25) is 0 Å². The third kappa shape index (κ3) is 17.6. The van der Waals surface area contributed by atoms with Crippen molar-refractivity contribution in [3.63, 3.8) is 0 Å². The van der Waals surface area contributed by atoms with E-state index in [1.807, 2.05) is 0 Å². The standard InChI is InChI=1S/Ca.Fe.K.Mg.Na. The van der Waals surface area contributed by atoms with Crippen LogP contribution in [-0.4, -0.2) is 142 Å². The second kappa shape index (κ2) is 22.9. The summed E-state index contributed by atoms with van der Waals surface area (Å²) in [6.45, 7) is 0. The summed E-state index contributed by atoms with van der Waals surface area (Å²) in [4.78, 5) is 0. The number of rotatable bonds is 0. The van der Waals surface area contributed by atoms with Gasteiger partial charge in [0.15, 0.2) is 0 Å². The van der Waals surface area contributed by atoms with Gasteiger partial charge in [0.2, 0.25) is 0 Å². The molecule has 0 saturated heterocycles. The largest absolute Gasteiger partial charge is 0 e. The number of hydrogen-bond acceptors (Lipinski definition) is 0. The minimum Gasteiger partial charge on any atom is 0 e. The molecular formula is CaFeKMgNa. The topological polar surface area (TPSA) is 0 Å². The third-order valence-electron chi connectivity index (χ3n) is 0. The van der Waals surface area contributed by atoms with E-state index in [2.05, 4.69) is 0 Å². The van der Waals surface area contributed by atoms with E-state index in [1.54, 1.807) is 0 Å². The molecule has 0 aromatic rings. The van der Waals surface area contributed by atoms with Gasteiger partial charge in [-0.2, -0.15) is 0 Å². The van der Waals surface area contributed by atoms with Gasteiger partial charge < -0.3 is 0 Å². The zero-order valence-corrected chi connectivity index (χ0v) is 13.6. The molecule has 14 valence electrons. The molecule has 0 rings (SSSR count). The predicted octanol–water partition coefficient (Wildman–Crippen LogP) is -1.53. The third-order valence-corrected chi connectivity index (χ3v) is 0. The Hall–Kier alpha value is 5.18. The van der Waals surface area contributed by atoms with Crippen LogP contribution in [0.5, 0.6) is 0 Å². The van der Waals surface area contributed by atoms with Gasteiger partial charge in [0.1, 0.15) is 0 Å². The fraction of sp³-hybridized carbons (Fsp3) is 0. The van der Waals surface area contributed by atoms with Gasteiger partial charge in [-0.3, -0.25) is 0 Å². The Morgan fingerprint density at radius 3 is 1.00 bits per heavy atom. The Balaban J connectivity index is 0. The summed E-state index contributed by atoms with van der Waals surface area (Å²) >= 11 is 0. The fourth-order valence-corrected chi connectivity index (χ4v) is 0. The quantitative estimate of drug-likeness (QED) is 0.399. The maximum Gasteiger partial charge on any atom is 0 e. The van der Waals surface area contributed by atoms with E-state index in [9.17, 15) is 0 Å². The molecule has 0 aliphatic heterocycles. The van der Waals surface area contributed by atoms with E-state index in [4.69, 9.17) is 0 Å². The fourth-order valence-electron chi connectivity index (χ4n) is 0. The van der Waals surface area contributed by atoms with Gasteiger partial charge in [0.05, 0.1) is 0 Å². The molecule has 0 aliphatic carbocycles. The Morgan fingerprint density at radius 1 is 1.00 bits per heavy atom. The van der Waals surface area contributed by atoms with Crippen molar-refractivity contribution in [2.75, 3.05) is 0 Å². The predicted molar refractivity (Wildman–Crippen MR) is 23.0 cm³/mol. The minimum atomic E-state index is 0. The second-order valence-corrected chi connectivity index (χ2v) is 0. The molecule has 0 heterocycles. The van der Waals surface area contributed by atoms with Crippen molar-refractivity contribution in [3.8, 4) is 0 Å². The van der Waals surface area contributed by atoms with Gasteiger partial charge in [0.25, 0.3) is 0 Å². The first-order valence-corrected chi connectivity index (χ1v) is 0.